The van der Waals surface area contributed by atoms with Gasteiger partial charge in [-0.3, -0.25) is 9.59 Å². The number of rotatable bonds is 4. The fourth-order valence-electron chi connectivity index (χ4n) is 2.42. The summed E-state index contributed by atoms with van der Waals surface area (Å²) in [6.07, 6.45) is 2.51. The standard InChI is InChI=1S/C12H22N2O3/c1-8(2)14(7-10(15)16)11(17)12(3)6-4-5-9(12)13/h8-9H,4-7,13H2,1-3H3,(H,15,16). The molecule has 0 aliphatic heterocycles. The maximum atomic E-state index is 12.4. The molecule has 0 bridgehead atoms. The van der Waals surface area contributed by atoms with Crippen molar-refractivity contribution >= 4 is 11.9 Å². The summed E-state index contributed by atoms with van der Waals surface area (Å²) in [5.41, 5.74) is 5.39. The number of hydrogen-bond acceptors (Lipinski definition) is 3. The van der Waals surface area contributed by atoms with Crippen LogP contribution in [0.5, 0.6) is 0 Å². The van der Waals surface area contributed by atoms with E-state index in [2.05, 4.69) is 0 Å². The lowest BCUT2D eigenvalue weighted by molar-refractivity contribution is -0.151. The van der Waals surface area contributed by atoms with E-state index in [-0.39, 0.29) is 24.5 Å². The third-order valence-electron chi connectivity index (χ3n) is 3.71. The van der Waals surface area contributed by atoms with Gasteiger partial charge in [0, 0.05) is 12.1 Å². The summed E-state index contributed by atoms with van der Waals surface area (Å²) in [6.45, 7) is 5.25. The molecule has 0 saturated heterocycles. The monoisotopic (exact) mass is 242 g/mol. The van der Waals surface area contributed by atoms with E-state index < -0.39 is 11.4 Å². The van der Waals surface area contributed by atoms with Gasteiger partial charge in [0.1, 0.15) is 6.54 Å². The van der Waals surface area contributed by atoms with Gasteiger partial charge in [0.05, 0.1) is 5.41 Å². The Kier molecular flexibility index (Phi) is 4.14. The van der Waals surface area contributed by atoms with Crippen molar-refractivity contribution < 1.29 is 14.7 Å². The predicted octanol–water partition coefficient (Wildman–Crippen LogP) is 0.825. The van der Waals surface area contributed by atoms with Gasteiger partial charge in [0.2, 0.25) is 5.91 Å². The van der Waals surface area contributed by atoms with Gasteiger partial charge in [0.25, 0.3) is 0 Å². The molecule has 0 heterocycles. The lowest BCUT2D eigenvalue weighted by Gasteiger charge is -2.35. The Morgan fingerprint density at radius 3 is 2.47 bits per heavy atom. The minimum atomic E-state index is -0.984. The summed E-state index contributed by atoms with van der Waals surface area (Å²) >= 11 is 0. The number of aliphatic carboxylic acids is 1. The molecule has 0 aromatic heterocycles. The van der Waals surface area contributed by atoms with Crippen LogP contribution < -0.4 is 5.73 Å². The van der Waals surface area contributed by atoms with Crippen molar-refractivity contribution in [2.24, 2.45) is 11.1 Å². The third-order valence-corrected chi connectivity index (χ3v) is 3.71. The molecule has 1 saturated carbocycles. The largest absolute Gasteiger partial charge is 0.480 e. The summed E-state index contributed by atoms with van der Waals surface area (Å²) < 4.78 is 0. The van der Waals surface area contributed by atoms with Crippen LogP contribution in [0, 0.1) is 5.41 Å². The molecule has 0 spiro atoms. The highest BCUT2D eigenvalue weighted by Gasteiger charge is 2.45. The van der Waals surface area contributed by atoms with Crippen LogP contribution in [0.4, 0.5) is 0 Å². The highest BCUT2D eigenvalue weighted by Crippen LogP contribution is 2.38. The fourth-order valence-corrected chi connectivity index (χ4v) is 2.42. The molecule has 1 aliphatic carbocycles. The predicted molar refractivity (Wildman–Crippen MR) is 64.4 cm³/mol. The maximum absolute atomic E-state index is 12.4. The second kappa shape index (κ2) is 5.04. The molecule has 0 aromatic rings. The number of hydrogen-bond donors (Lipinski definition) is 2. The van der Waals surface area contributed by atoms with Gasteiger partial charge in [-0.15, -0.1) is 0 Å². The molecule has 1 fully saturated rings. The molecule has 98 valence electrons. The van der Waals surface area contributed by atoms with E-state index >= 15 is 0 Å². The van der Waals surface area contributed by atoms with Crippen LogP contribution in [-0.2, 0) is 9.59 Å². The molecule has 1 rings (SSSR count). The second-order valence-electron chi connectivity index (χ2n) is 5.34. The van der Waals surface area contributed by atoms with E-state index in [4.69, 9.17) is 10.8 Å². The van der Waals surface area contributed by atoms with Gasteiger partial charge in [-0.2, -0.15) is 0 Å². The smallest absolute Gasteiger partial charge is 0.323 e. The summed E-state index contributed by atoms with van der Waals surface area (Å²) in [7, 11) is 0. The quantitative estimate of drug-likeness (QED) is 0.764. The van der Waals surface area contributed by atoms with Crippen LogP contribution in [0.1, 0.15) is 40.0 Å². The molecule has 0 aromatic carbocycles. The Hall–Kier alpha value is -1.10. The summed E-state index contributed by atoms with van der Waals surface area (Å²) in [5, 5.41) is 8.85. The van der Waals surface area contributed by atoms with E-state index in [0.29, 0.717) is 0 Å². The number of carbonyl (C=O) groups excluding carboxylic acids is 1. The summed E-state index contributed by atoms with van der Waals surface area (Å²) in [5.74, 6) is -1.11. The van der Waals surface area contributed by atoms with Crippen LogP contribution in [0.25, 0.3) is 0 Å². The highest BCUT2D eigenvalue weighted by atomic mass is 16.4. The fraction of sp³-hybridized carbons (Fsp3) is 0.833. The first-order valence-corrected chi connectivity index (χ1v) is 6.07. The molecule has 1 amide bonds. The molecule has 5 heteroatoms. The van der Waals surface area contributed by atoms with Crippen molar-refractivity contribution in [1.82, 2.24) is 4.90 Å². The van der Waals surface area contributed by atoms with E-state index in [0.717, 1.165) is 19.3 Å². The minimum Gasteiger partial charge on any atom is -0.480 e. The normalized spacial score (nSPS) is 28.4. The molecule has 5 nitrogen and oxygen atoms in total. The number of carboxylic acids is 1. The second-order valence-corrected chi connectivity index (χ2v) is 5.34. The average molecular weight is 242 g/mol. The van der Waals surface area contributed by atoms with Crippen molar-refractivity contribution in [3.8, 4) is 0 Å². The van der Waals surface area contributed by atoms with E-state index in [1.165, 1.54) is 4.90 Å². The van der Waals surface area contributed by atoms with E-state index in [1.54, 1.807) is 0 Å². The highest BCUT2D eigenvalue weighted by molar-refractivity contribution is 5.86. The molecule has 3 N–H and O–H groups in total. The van der Waals surface area contributed by atoms with Crippen molar-refractivity contribution in [2.45, 2.75) is 52.1 Å². The molecular formula is C12H22N2O3. The first kappa shape index (κ1) is 14.0. The van der Waals surface area contributed by atoms with Crippen LogP contribution in [0.2, 0.25) is 0 Å². The average Bonchev–Trinajstić information content (AvgIpc) is 2.55. The number of amides is 1. The Bertz CT molecular complexity index is 317. The van der Waals surface area contributed by atoms with Crippen LogP contribution in [0.15, 0.2) is 0 Å². The molecule has 1 aliphatic rings. The van der Waals surface area contributed by atoms with Crippen molar-refractivity contribution in [1.29, 1.82) is 0 Å². The van der Waals surface area contributed by atoms with Gasteiger partial charge < -0.3 is 15.7 Å². The summed E-state index contributed by atoms with van der Waals surface area (Å²) in [6, 6.07) is -0.284. The number of carboxylic acid groups (broad SMARTS) is 1. The zero-order valence-electron chi connectivity index (χ0n) is 10.8. The molecule has 2 atom stereocenters. The van der Waals surface area contributed by atoms with Crippen LogP contribution in [0.3, 0.4) is 0 Å². The Balaban J connectivity index is 2.87. The Morgan fingerprint density at radius 2 is 2.12 bits per heavy atom. The summed E-state index contributed by atoms with van der Waals surface area (Å²) in [4.78, 5) is 24.6. The lowest BCUT2D eigenvalue weighted by Crippen LogP contribution is -2.52. The number of nitrogens with zero attached hydrogens (tertiary/aromatic N) is 1. The zero-order valence-corrected chi connectivity index (χ0v) is 10.8. The molecule has 2 unspecified atom stereocenters. The SMILES string of the molecule is CC(C)N(CC(=O)O)C(=O)C1(C)CCCC1N. The van der Waals surface area contributed by atoms with Gasteiger partial charge in [-0.05, 0) is 33.6 Å². The van der Waals surface area contributed by atoms with Crippen LogP contribution in [-0.4, -0.2) is 40.5 Å². The maximum Gasteiger partial charge on any atom is 0.323 e. The van der Waals surface area contributed by atoms with Gasteiger partial charge in [0.15, 0.2) is 0 Å². The zero-order chi connectivity index (χ0) is 13.2. The van der Waals surface area contributed by atoms with Crippen molar-refractivity contribution in [3.63, 3.8) is 0 Å². The topological polar surface area (TPSA) is 83.6 Å². The lowest BCUT2D eigenvalue weighted by atomic mass is 9.83. The van der Waals surface area contributed by atoms with Crippen LogP contribution >= 0.6 is 0 Å². The van der Waals surface area contributed by atoms with Gasteiger partial charge in [-0.25, -0.2) is 0 Å². The third kappa shape index (κ3) is 2.77. The van der Waals surface area contributed by atoms with Crippen molar-refractivity contribution in [3.05, 3.63) is 0 Å². The van der Waals surface area contributed by atoms with E-state index in [1.807, 2.05) is 20.8 Å². The Labute approximate surface area is 102 Å². The first-order valence-electron chi connectivity index (χ1n) is 6.07. The van der Waals surface area contributed by atoms with Gasteiger partial charge >= 0.3 is 5.97 Å². The number of carbonyl (C=O) groups is 2. The Morgan fingerprint density at radius 1 is 1.53 bits per heavy atom. The first-order chi connectivity index (χ1) is 7.79. The van der Waals surface area contributed by atoms with Crippen molar-refractivity contribution in [2.75, 3.05) is 6.54 Å². The van der Waals surface area contributed by atoms with E-state index in [9.17, 15) is 9.59 Å². The molecule has 0 radical (unpaired) electrons. The van der Waals surface area contributed by atoms with Gasteiger partial charge in [-0.1, -0.05) is 6.42 Å². The molecule has 17 heavy (non-hydrogen) atoms. The number of nitrogens with two attached hydrogens (primary N) is 1. The minimum absolute atomic E-state index is 0.122. The molecular weight excluding hydrogens is 220 g/mol.